The molecule has 0 radical (unpaired) electrons. The van der Waals surface area contributed by atoms with E-state index in [1.165, 1.54) is 14.2 Å². The van der Waals surface area contributed by atoms with E-state index in [-0.39, 0.29) is 34.2 Å². The Morgan fingerprint density at radius 1 is 0.957 bits per heavy atom. The lowest BCUT2D eigenvalue weighted by Gasteiger charge is -2.24. The van der Waals surface area contributed by atoms with E-state index in [1.54, 1.807) is 37.3 Å². The Balaban J connectivity index is 2.41. The van der Waals surface area contributed by atoms with E-state index in [0.29, 0.717) is 16.7 Å². The van der Waals surface area contributed by atoms with Crippen molar-refractivity contribution in [3.8, 4) is 11.5 Å². The lowest BCUT2D eigenvalue weighted by atomic mass is 9.81. The fraction of sp³-hybridized carbons (Fsp3) is 0.222. The Morgan fingerprint density at radius 2 is 1.52 bits per heavy atom. The summed E-state index contributed by atoms with van der Waals surface area (Å²) in [7, 11) is 2.83. The summed E-state index contributed by atoms with van der Waals surface area (Å²) in [6.07, 6.45) is -0.871. The summed E-state index contributed by atoms with van der Waals surface area (Å²) in [5, 5.41) is 9.97. The maximum Gasteiger partial charge on any atom is 0.198 e. The maximum atomic E-state index is 12.9. The normalized spacial score (nSPS) is 14.1. The Hall–Kier alpha value is -2.66. The molecule has 0 bridgehead atoms. The topological polar surface area (TPSA) is 72.8 Å². The third kappa shape index (κ3) is 2.12. The van der Waals surface area contributed by atoms with Crippen LogP contribution in [0.1, 0.15) is 50.4 Å². The average Bonchev–Trinajstić information content (AvgIpc) is 2.57. The van der Waals surface area contributed by atoms with Gasteiger partial charge in [-0.25, -0.2) is 0 Å². The van der Waals surface area contributed by atoms with E-state index in [0.717, 1.165) is 0 Å². The van der Waals surface area contributed by atoms with Crippen molar-refractivity contribution >= 4 is 11.6 Å². The zero-order chi connectivity index (χ0) is 16.7. The molecule has 0 saturated heterocycles. The molecule has 23 heavy (non-hydrogen) atoms. The van der Waals surface area contributed by atoms with Crippen molar-refractivity contribution in [1.82, 2.24) is 0 Å². The SMILES string of the molecule is COc1cc(C(C)O)c(OC)c2c1C(=O)c1ccccc1C2=O. The molecule has 0 aromatic heterocycles. The van der Waals surface area contributed by atoms with Crippen molar-refractivity contribution in [3.63, 3.8) is 0 Å². The van der Waals surface area contributed by atoms with Gasteiger partial charge in [0.25, 0.3) is 0 Å². The quantitative estimate of drug-likeness (QED) is 0.804. The largest absolute Gasteiger partial charge is 0.496 e. The lowest BCUT2D eigenvalue weighted by Crippen LogP contribution is -2.23. The molecule has 5 nitrogen and oxygen atoms in total. The molecule has 2 aromatic rings. The van der Waals surface area contributed by atoms with Crippen LogP contribution in [0.15, 0.2) is 30.3 Å². The Kier molecular flexibility index (Phi) is 3.66. The van der Waals surface area contributed by atoms with Gasteiger partial charge in [0.05, 0.1) is 31.5 Å². The van der Waals surface area contributed by atoms with Crippen molar-refractivity contribution in [2.24, 2.45) is 0 Å². The number of carbonyl (C=O) groups excluding carboxylic acids is 2. The molecule has 1 aliphatic rings. The van der Waals surface area contributed by atoms with Gasteiger partial charge in [-0.3, -0.25) is 9.59 Å². The molecule has 0 heterocycles. The van der Waals surface area contributed by atoms with E-state index in [4.69, 9.17) is 9.47 Å². The monoisotopic (exact) mass is 312 g/mol. The van der Waals surface area contributed by atoms with E-state index >= 15 is 0 Å². The number of hydrogen-bond acceptors (Lipinski definition) is 5. The first-order chi connectivity index (χ1) is 11.0. The molecule has 5 heteroatoms. The molecule has 2 aromatic carbocycles. The molecule has 0 spiro atoms. The van der Waals surface area contributed by atoms with Gasteiger partial charge in [-0.15, -0.1) is 0 Å². The summed E-state index contributed by atoms with van der Waals surface area (Å²) in [5.41, 5.74) is 1.40. The summed E-state index contributed by atoms with van der Waals surface area (Å²) < 4.78 is 10.6. The van der Waals surface area contributed by atoms with Gasteiger partial charge in [-0.1, -0.05) is 24.3 Å². The number of rotatable bonds is 3. The highest BCUT2D eigenvalue weighted by Gasteiger charge is 2.36. The fourth-order valence-corrected chi connectivity index (χ4v) is 2.94. The second kappa shape index (κ2) is 5.52. The highest BCUT2D eigenvalue weighted by atomic mass is 16.5. The third-order valence-corrected chi connectivity index (χ3v) is 4.02. The summed E-state index contributed by atoms with van der Waals surface area (Å²) in [6, 6.07) is 8.19. The van der Waals surface area contributed by atoms with E-state index < -0.39 is 6.10 Å². The van der Waals surface area contributed by atoms with Crippen LogP contribution < -0.4 is 9.47 Å². The van der Waals surface area contributed by atoms with E-state index in [9.17, 15) is 14.7 Å². The number of carbonyl (C=O) groups is 2. The predicted molar refractivity (Wildman–Crippen MR) is 83.5 cm³/mol. The molecule has 1 aliphatic carbocycles. The number of ether oxygens (including phenoxy) is 2. The van der Waals surface area contributed by atoms with E-state index in [1.807, 2.05) is 0 Å². The minimum absolute atomic E-state index is 0.145. The highest BCUT2D eigenvalue weighted by molar-refractivity contribution is 6.30. The molecule has 1 unspecified atom stereocenters. The first-order valence-corrected chi connectivity index (χ1v) is 7.16. The molecule has 0 amide bonds. The van der Waals surface area contributed by atoms with Gasteiger partial charge >= 0.3 is 0 Å². The highest BCUT2D eigenvalue weighted by Crippen LogP contribution is 2.42. The Labute approximate surface area is 133 Å². The van der Waals surface area contributed by atoms with Crippen molar-refractivity contribution in [3.05, 3.63) is 58.1 Å². The second-order valence-electron chi connectivity index (χ2n) is 5.33. The zero-order valence-electron chi connectivity index (χ0n) is 13.0. The smallest absolute Gasteiger partial charge is 0.198 e. The number of ketones is 2. The summed E-state index contributed by atoms with van der Waals surface area (Å²) in [6.45, 7) is 1.56. The predicted octanol–water partition coefficient (Wildman–Crippen LogP) is 2.53. The third-order valence-electron chi connectivity index (χ3n) is 4.02. The number of hydrogen-bond donors (Lipinski definition) is 1. The van der Waals surface area contributed by atoms with E-state index in [2.05, 4.69) is 0 Å². The van der Waals surface area contributed by atoms with Gasteiger partial charge in [-0.05, 0) is 13.0 Å². The zero-order valence-corrected chi connectivity index (χ0v) is 13.0. The molecule has 118 valence electrons. The average molecular weight is 312 g/mol. The molecule has 0 fully saturated rings. The van der Waals surface area contributed by atoms with Crippen molar-refractivity contribution in [2.75, 3.05) is 14.2 Å². The van der Waals surface area contributed by atoms with Crippen LogP contribution in [0.2, 0.25) is 0 Å². The number of benzene rings is 2. The van der Waals surface area contributed by atoms with Gasteiger partial charge in [0.15, 0.2) is 11.6 Å². The van der Waals surface area contributed by atoms with Gasteiger partial charge in [-0.2, -0.15) is 0 Å². The molecule has 1 atom stereocenters. The first-order valence-electron chi connectivity index (χ1n) is 7.16. The van der Waals surface area contributed by atoms with Crippen LogP contribution >= 0.6 is 0 Å². The minimum atomic E-state index is -0.871. The van der Waals surface area contributed by atoms with Crippen LogP contribution in [-0.4, -0.2) is 30.9 Å². The maximum absolute atomic E-state index is 12.9. The van der Waals surface area contributed by atoms with Crippen LogP contribution in [0.25, 0.3) is 0 Å². The van der Waals surface area contributed by atoms with Gasteiger partial charge < -0.3 is 14.6 Å². The Morgan fingerprint density at radius 3 is 2.00 bits per heavy atom. The number of fused-ring (bicyclic) bond motifs is 2. The fourth-order valence-electron chi connectivity index (χ4n) is 2.94. The summed E-state index contributed by atoms with van der Waals surface area (Å²) >= 11 is 0. The lowest BCUT2D eigenvalue weighted by molar-refractivity contribution is 0.0972. The van der Waals surface area contributed by atoms with Gasteiger partial charge in [0.2, 0.25) is 0 Å². The second-order valence-corrected chi connectivity index (χ2v) is 5.33. The molecule has 3 rings (SSSR count). The van der Waals surface area contributed by atoms with Gasteiger partial charge in [0.1, 0.15) is 11.5 Å². The summed E-state index contributed by atoms with van der Waals surface area (Å²) in [5.74, 6) is -0.136. The van der Waals surface area contributed by atoms with Crippen molar-refractivity contribution in [2.45, 2.75) is 13.0 Å². The molecule has 0 saturated carbocycles. The molecular weight excluding hydrogens is 296 g/mol. The standard InChI is InChI=1S/C18H16O5/c1-9(19)12-8-13(22-2)14-15(18(12)23-3)17(21)11-7-5-4-6-10(11)16(14)20/h4-9,19H,1-3H3. The van der Waals surface area contributed by atoms with Crippen LogP contribution in [0.5, 0.6) is 11.5 Å². The van der Waals surface area contributed by atoms with Crippen LogP contribution in [0.3, 0.4) is 0 Å². The molecule has 1 N–H and O–H groups in total. The number of aliphatic hydroxyl groups excluding tert-OH is 1. The van der Waals surface area contributed by atoms with Crippen molar-refractivity contribution < 1.29 is 24.2 Å². The Bertz CT molecular complexity index is 820. The number of methoxy groups -OCH3 is 2. The van der Waals surface area contributed by atoms with Crippen LogP contribution in [-0.2, 0) is 0 Å². The van der Waals surface area contributed by atoms with Crippen molar-refractivity contribution in [1.29, 1.82) is 0 Å². The minimum Gasteiger partial charge on any atom is -0.496 e. The molecular formula is C18H16O5. The molecule has 0 aliphatic heterocycles. The first kappa shape index (κ1) is 15.2. The van der Waals surface area contributed by atoms with Crippen LogP contribution in [0.4, 0.5) is 0 Å². The number of aliphatic hydroxyl groups is 1. The summed E-state index contributed by atoms with van der Waals surface area (Å²) in [4.78, 5) is 25.7. The van der Waals surface area contributed by atoms with Gasteiger partial charge in [0, 0.05) is 16.7 Å². The van der Waals surface area contributed by atoms with Crippen LogP contribution in [0, 0.1) is 0 Å².